The van der Waals surface area contributed by atoms with Gasteiger partial charge in [-0.1, -0.05) is 24.3 Å². The minimum Gasteiger partial charge on any atom is -0.463 e. The Morgan fingerprint density at radius 1 is 1.30 bits per heavy atom. The highest BCUT2D eigenvalue weighted by Crippen LogP contribution is 2.17. The summed E-state index contributed by atoms with van der Waals surface area (Å²) in [6.07, 6.45) is 0.280. The van der Waals surface area contributed by atoms with Gasteiger partial charge in [0.05, 0.1) is 6.26 Å². The third-order valence-electron chi connectivity index (χ3n) is 2.94. The Balaban J connectivity index is 2.06. The molecule has 1 aromatic carbocycles. The van der Waals surface area contributed by atoms with E-state index < -0.39 is 12.0 Å². The number of carbonyl (C=O) groups is 1. The summed E-state index contributed by atoms with van der Waals surface area (Å²) < 4.78 is 5.15. The lowest BCUT2D eigenvalue weighted by Crippen LogP contribution is -2.26. The summed E-state index contributed by atoms with van der Waals surface area (Å²) in [6.45, 7) is 3.54. The van der Waals surface area contributed by atoms with Gasteiger partial charge in [-0.3, -0.25) is 4.79 Å². The zero-order valence-electron chi connectivity index (χ0n) is 11.3. The molecule has 5 nitrogen and oxygen atoms in total. The maximum absolute atomic E-state index is 11.9. The molecule has 1 heterocycles. The zero-order valence-corrected chi connectivity index (χ0v) is 11.3. The van der Waals surface area contributed by atoms with E-state index in [9.17, 15) is 9.90 Å². The molecule has 1 atom stereocenters. The predicted molar refractivity (Wildman–Crippen MR) is 75.2 cm³/mol. The summed E-state index contributed by atoms with van der Waals surface area (Å²) in [6, 6.07) is 10.6. The Bertz CT molecular complexity index is 618. The van der Waals surface area contributed by atoms with Crippen molar-refractivity contribution >= 4 is 11.6 Å². The van der Waals surface area contributed by atoms with Gasteiger partial charge in [0.1, 0.15) is 11.5 Å². The fraction of sp³-hybridized carbons (Fsp3) is 0.200. The molecule has 2 N–H and O–H groups in total. The van der Waals surface area contributed by atoms with E-state index >= 15 is 0 Å². The molecule has 0 aliphatic heterocycles. The molecule has 2 rings (SSSR count). The van der Waals surface area contributed by atoms with Crippen molar-refractivity contribution < 1.29 is 14.3 Å². The second-order valence-electron chi connectivity index (χ2n) is 4.41. The molecule has 2 aromatic rings. The van der Waals surface area contributed by atoms with Crippen LogP contribution >= 0.6 is 0 Å². The molecule has 0 aliphatic rings. The van der Waals surface area contributed by atoms with E-state index in [1.54, 1.807) is 31.2 Å². The van der Waals surface area contributed by atoms with Gasteiger partial charge in [0, 0.05) is 0 Å². The number of aliphatic hydroxyl groups is 1. The topological polar surface area (TPSA) is 74.8 Å². The number of nitrogens with one attached hydrogen (secondary N) is 1. The predicted octanol–water partition coefficient (Wildman–Crippen LogP) is 2.16. The van der Waals surface area contributed by atoms with Gasteiger partial charge in [-0.15, -0.1) is 0 Å². The summed E-state index contributed by atoms with van der Waals surface area (Å²) in [4.78, 5) is 11.9. The van der Waals surface area contributed by atoms with E-state index in [0.29, 0.717) is 17.0 Å². The summed E-state index contributed by atoms with van der Waals surface area (Å²) in [5.41, 5.74) is 4.28. The van der Waals surface area contributed by atoms with Crippen LogP contribution in [0.25, 0.3) is 0 Å². The lowest BCUT2D eigenvalue weighted by atomic mass is 10.0. The van der Waals surface area contributed by atoms with Gasteiger partial charge in [-0.05, 0) is 37.1 Å². The van der Waals surface area contributed by atoms with Crippen LogP contribution < -0.4 is 5.43 Å². The number of hydrazone groups is 1. The maximum atomic E-state index is 11.9. The van der Waals surface area contributed by atoms with Crippen molar-refractivity contribution in [3.8, 4) is 0 Å². The molecule has 0 bridgehead atoms. The Kier molecular flexibility index (Phi) is 4.32. The third kappa shape index (κ3) is 3.13. The van der Waals surface area contributed by atoms with Gasteiger partial charge in [-0.2, -0.15) is 5.10 Å². The van der Waals surface area contributed by atoms with E-state index in [0.717, 1.165) is 5.56 Å². The van der Waals surface area contributed by atoms with Crippen molar-refractivity contribution in [3.05, 3.63) is 59.5 Å². The number of carbonyl (C=O) groups excluding carboxylic acids is 1. The first-order chi connectivity index (χ1) is 9.59. The molecule has 0 fully saturated rings. The minimum absolute atomic E-state index is 0.528. The van der Waals surface area contributed by atoms with E-state index in [-0.39, 0.29) is 0 Å². The third-order valence-corrected chi connectivity index (χ3v) is 2.94. The Morgan fingerprint density at radius 3 is 2.70 bits per heavy atom. The zero-order chi connectivity index (χ0) is 14.5. The van der Waals surface area contributed by atoms with Gasteiger partial charge in [0.15, 0.2) is 6.10 Å². The fourth-order valence-electron chi connectivity index (χ4n) is 1.77. The highest BCUT2D eigenvalue weighted by Gasteiger charge is 2.18. The molecule has 0 saturated carbocycles. The summed E-state index contributed by atoms with van der Waals surface area (Å²) in [7, 11) is 0. The van der Waals surface area contributed by atoms with Crippen molar-refractivity contribution in [2.24, 2.45) is 5.10 Å². The smallest absolute Gasteiger partial charge is 0.273 e. The van der Waals surface area contributed by atoms with Crippen LogP contribution in [-0.4, -0.2) is 16.7 Å². The number of nitrogens with zero attached hydrogens (tertiary/aromatic N) is 1. The summed E-state index contributed by atoms with van der Waals surface area (Å²) in [5.74, 6) is -0.0131. The number of furan rings is 1. The number of aryl methyl sites for hydroxylation is 1. The molecule has 104 valence electrons. The molecule has 1 unspecified atom stereocenters. The number of aliphatic hydroxyl groups excluding tert-OH is 1. The molecule has 0 radical (unpaired) electrons. The molecular formula is C15H16N2O3. The van der Waals surface area contributed by atoms with Crippen LogP contribution in [0.3, 0.4) is 0 Å². The van der Waals surface area contributed by atoms with Crippen molar-refractivity contribution in [2.75, 3.05) is 0 Å². The van der Waals surface area contributed by atoms with E-state index in [1.807, 2.05) is 19.1 Å². The SMILES string of the molecule is C/C(=N\NC(=O)C(O)c1ccccc1C)c1ccco1. The second-order valence-corrected chi connectivity index (χ2v) is 4.41. The van der Waals surface area contributed by atoms with Crippen LogP contribution in [0.4, 0.5) is 0 Å². The minimum atomic E-state index is -1.25. The van der Waals surface area contributed by atoms with Crippen LogP contribution in [-0.2, 0) is 4.79 Å². The molecule has 5 heteroatoms. The van der Waals surface area contributed by atoms with E-state index in [2.05, 4.69) is 10.5 Å². The van der Waals surface area contributed by atoms with Gasteiger partial charge in [-0.25, -0.2) is 5.43 Å². The van der Waals surface area contributed by atoms with Crippen molar-refractivity contribution in [1.82, 2.24) is 5.43 Å². The average Bonchev–Trinajstić information content (AvgIpc) is 2.98. The van der Waals surface area contributed by atoms with E-state index in [4.69, 9.17) is 4.42 Å². The molecule has 0 spiro atoms. The number of rotatable bonds is 4. The van der Waals surface area contributed by atoms with Gasteiger partial charge in [0.2, 0.25) is 0 Å². The van der Waals surface area contributed by atoms with Crippen LogP contribution in [0.2, 0.25) is 0 Å². The highest BCUT2D eigenvalue weighted by molar-refractivity contribution is 5.97. The Labute approximate surface area is 116 Å². The van der Waals surface area contributed by atoms with Crippen molar-refractivity contribution in [1.29, 1.82) is 0 Å². The lowest BCUT2D eigenvalue weighted by Gasteiger charge is -2.11. The average molecular weight is 272 g/mol. The fourth-order valence-corrected chi connectivity index (χ4v) is 1.77. The highest BCUT2D eigenvalue weighted by atomic mass is 16.3. The van der Waals surface area contributed by atoms with Crippen molar-refractivity contribution in [3.63, 3.8) is 0 Å². The van der Waals surface area contributed by atoms with Crippen LogP contribution in [0.5, 0.6) is 0 Å². The first-order valence-corrected chi connectivity index (χ1v) is 6.21. The molecule has 20 heavy (non-hydrogen) atoms. The molecular weight excluding hydrogens is 256 g/mol. The Hall–Kier alpha value is -2.40. The number of amides is 1. The first kappa shape index (κ1) is 14.0. The van der Waals surface area contributed by atoms with Gasteiger partial charge < -0.3 is 9.52 Å². The normalized spacial score (nSPS) is 13.1. The quantitative estimate of drug-likeness (QED) is 0.661. The molecule has 0 saturated heterocycles. The monoisotopic (exact) mass is 272 g/mol. The number of hydrogen-bond donors (Lipinski definition) is 2. The van der Waals surface area contributed by atoms with Crippen LogP contribution in [0.1, 0.15) is 29.9 Å². The summed E-state index contributed by atoms with van der Waals surface area (Å²) >= 11 is 0. The number of benzene rings is 1. The number of hydrogen-bond acceptors (Lipinski definition) is 4. The standard InChI is InChI=1S/C15H16N2O3/c1-10-6-3-4-7-12(10)14(18)15(19)17-16-11(2)13-8-5-9-20-13/h3-9,14,18H,1-2H3,(H,17,19)/b16-11+. The second kappa shape index (κ2) is 6.16. The van der Waals surface area contributed by atoms with Gasteiger partial charge >= 0.3 is 0 Å². The van der Waals surface area contributed by atoms with E-state index in [1.165, 1.54) is 6.26 Å². The van der Waals surface area contributed by atoms with Crippen molar-refractivity contribution in [2.45, 2.75) is 20.0 Å². The largest absolute Gasteiger partial charge is 0.463 e. The summed E-state index contributed by atoms with van der Waals surface area (Å²) in [5, 5.41) is 13.9. The molecule has 0 aliphatic carbocycles. The molecule has 1 amide bonds. The maximum Gasteiger partial charge on any atom is 0.273 e. The lowest BCUT2D eigenvalue weighted by molar-refractivity contribution is -0.129. The molecule has 1 aromatic heterocycles. The first-order valence-electron chi connectivity index (χ1n) is 6.21. The van der Waals surface area contributed by atoms with Crippen LogP contribution in [0, 0.1) is 6.92 Å². The van der Waals surface area contributed by atoms with Crippen LogP contribution in [0.15, 0.2) is 52.2 Å². The van der Waals surface area contributed by atoms with Gasteiger partial charge in [0.25, 0.3) is 5.91 Å². The Morgan fingerprint density at radius 2 is 2.05 bits per heavy atom.